The van der Waals surface area contributed by atoms with Crippen LogP contribution in [0.2, 0.25) is 0 Å². The quantitative estimate of drug-likeness (QED) is 0.376. The van der Waals surface area contributed by atoms with Crippen molar-refractivity contribution in [3.8, 4) is 0 Å². The van der Waals surface area contributed by atoms with Gasteiger partial charge < -0.3 is 15.1 Å². The molecule has 0 aromatic heterocycles. The molecule has 0 bridgehead atoms. The lowest BCUT2D eigenvalue weighted by Gasteiger charge is -2.38. The van der Waals surface area contributed by atoms with Gasteiger partial charge in [-0.25, -0.2) is 4.79 Å². The normalized spacial score (nSPS) is 23.3. The Labute approximate surface area is 161 Å². The van der Waals surface area contributed by atoms with Gasteiger partial charge in [0.25, 0.3) is 5.91 Å². The van der Waals surface area contributed by atoms with Gasteiger partial charge in [0.2, 0.25) is 0 Å². The molecule has 2 unspecified atom stereocenters. The number of rotatable bonds is 11. The third-order valence-corrected chi connectivity index (χ3v) is 6.23. The van der Waals surface area contributed by atoms with E-state index in [1.165, 1.54) is 6.42 Å². The number of carbonyl (C=O) groups excluding carboxylic acids is 2. The van der Waals surface area contributed by atoms with Gasteiger partial charge >= 0.3 is 12.0 Å². The fourth-order valence-electron chi connectivity index (χ4n) is 4.36. The SMILES string of the molecule is CC1(C(O)CCN2C(=O)NC(=O)C2CCCCCCC(=O)O)CCCCC1. The van der Waals surface area contributed by atoms with Crippen LogP contribution in [0.3, 0.4) is 0 Å². The molecule has 3 amide bonds. The maximum Gasteiger partial charge on any atom is 0.324 e. The zero-order chi connectivity index (χ0) is 19.9. The first-order valence-electron chi connectivity index (χ1n) is 10.3. The van der Waals surface area contributed by atoms with E-state index in [0.717, 1.165) is 44.9 Å². The van der Waals surface area contributed by atoms with E-state index >= 15 is 0 Å². The van der Waals surface area contributed by atoms with Crippen molar-refractivity contribution >= 4 is 17.9 Å². The number of aliphatic hydroxyl groups excluding tert-OH is 1. The van der Waals surface area contributed by atoms with Crippen molar-refractivity contribution in [3.63, 3.8) is 0 Å². The number of imide groups is 1. The molecule has 2 fully saturated rings. The zero-order valence-corrected chi connectivity index (χ0v) is 16.4. The smallest absolute Gasteiger partial charge is 0.324 e. The highest BCUT2D eigenvalue weighted by molar-refractivity contribution is 6.04. The van der Waals surface area contributed by atoms with E-state index in [2.05, 4.69) is 12.2 Å². The molecule has 27 heavy (non-hydrogen) atoms. The maximum absolute atomic E-state index is 12.1. The number of amides is 3. The molecule has 0 spiro atoms. The average Bonchev–Trinajstić information content (AvgIpc) is 2.89. The number of carbonyl (C=O) groups is 3. The van der Waals surface area contributed by atoms with Gasteiger partial charge in [-0.05, 0) is 37.5 Å². The number of aliphatic carboxylic acids is 1. The van der Waals surface area contributed by atoms with E-state index in [1.807, 2.05) is 0 Å². The topological polar surface area (TPSA) is 107 Å². The molecule has 1 heterocycles. The molecule has 1 saturated heterocycles. The standard InChI is InChI=1S/C20H34N2O5/c1-20(12-7-4-8-13-20)16(23)11-14-22-15(18(26)21-19(22)27)9-5-2-3-6-10-17(24)25/h15-16,23H,2-14H2,1H3,(H,24,25)(H,21,26,27). The van der Waals surface area contributed by atoms with Crippen molar-refractivity contribution in [1.82, 2.24) is 10.2 Å². The first-order chi connectivity index (χ1) is 12.8. The van der Waals surface area contributed by atoms with Crippen LogP contribution in [-0.2, 0) is 9.59 Å². The van der Waals surface area contributed by atoms with Crippen molar-refractivity contribution in [2.24, 2.45) is 5.41 Å². The molecular weight excluding hydrogens is 348 g/mol. The fourth-order valence-corrected chi connectivity index (χ4v) is 4.36. The Kier molecular flexibility index (Phi) is 8.07. The molecular formula is C20H34N2O5. The summed E-state index contributed by atoms with van der Waals surface area (Å²) in [6, 6.07) is -0.833. The number of hydrogen-bond acceptors (Lipinski definition) is 4. The molecule has 1 aliphatic carbocycles. The lowest BCUT2D eigenvalue weighted by molar-refractivity contribution is -0.137. The lowest BCUT2D eigenvalue weighted by atomic mass is 9.71. The molecule has 0 aromatic carbocycles. The second-order valence-electron chi connectivity index (χ2n) is 8.37. The molecule has 7 heteroatoms. The molecule has 0 radical (unpaired) electrons. The summed E-state index contributed by atoms with van der Waals surface area (Å²) in [5, 5.41) is 21.7. The van der Waals surface area contributed by atoms with Crippen LogP contribution in [0.5, 0.6) is 0 Å². The van der Waals surface area contributed by atoms with Gasteiger partial charge in [0.05, 0.1) is 6.10 Å². The second-order valence-corrected chi connectivity index (χ2v) is 8.37. The average molecular weight is 383 g/mol. The molecule has 0 aromatic rings. The summed E-state index contributed by atoms with van der Waals surface area (Å²) >= 11 is 0. The van der Waals surface area contributed by atoms with Crippen molar-refractivity contribution in [1.29, 1.82) is 0 Å². The molecule has 154 valence electrons. The van der Waals surface area contributed by atoms with Gasteiger partial charge in [-0.1, -0.05) is 45.4 Å². The molecule has 2 rings (SSSR count). The Balaban J connectivity index is 1.78. The molecule has 3 N–H and O–H groups in total. The van der Waals surface area contributed by atoms with Gasteiger partial charge in [0.1, 0.15) is 6.04 Å². The van der Waals surface area contributed by atoms with Crippen LogP contribution in [-0.4, -0.2) is 51.7 Å². The van der Waals surface area contributed by atoms with Crippen molar-refractivity contribution in [2.75, 3.05) is 6.54 Å². The summed E-state index contributed by atoms with van der Waals surface area (Å²) in [7, 11) is 0. The van der Waals surface area contributed by atoms with Gasteiger partial charge in [0, 0.05) is 13.0 Å². The van der Waals surface area contributed by atoms with Gasteiger partial charge in [-0.15, -0.1) is 0 Å². The predicted octanol–water partition coefficient (Wildman–Crippen LogP) is 3.05. The largest absolute Gasteiger partial charge is 0.481 e. The van der Waals surface area contributed by atoms with Gasteiger partial charge in [0.15, 0.2) is 0 Å². The predicted molar refractivity (Wildman–Crippen MR) is 101 cm³/mol. The Hall–Kier alpha value is -1.63. The molecule has 2 atom stereocenters. The highest BCUT2D eigenvalue weighted by atomic mass is 16.4. The van der Waals surface area contributed by atoms with Crippen LogP contribution in [0.4, 0.5) is 4.79 Å². The van der Waals surface area contributed by atoms with Gasteiger partial charge in [-0.3, -0.25) is 14.9 Å². The Morgan fingerprint density at radius 1 is 1.19 bits per heavy atom. The number of carboxylic acid groups (broad SMARTS) is 1. The second kappa shape index (κ2) is 10.1. The van der Waals surface area contributed by atoms with E-state index in [4.69, 9.17) is 5.11 Å². The van der Waals surface area contributed by atoms with E-state index in [1.54, 1.807) is 4.90 Å². The van der Waals surface area contributed by atoms with E-state index in [9.17, 15) is 19.5 Å². The maximum atomic E-state index is 12.1. The number of hydrogen-bond donors (Lipinski definition) is 3. The minimum Gasteiger partial charge on any atom is -0.481 e. The lowest BCUT2D eigenvalue weighted by Crippen LogP contribution is -2.41. The van der Waals surface area contributed by atoms with Crippen LogP contribution in [0.15, 0.2) is 0 Å². The Morgan fingerprint density at radius 2 is 1.85 bits per heavy atom. The number of aliphatic hydroxyl groups is 1. The number of nitrogens with one attached hydrogen (secondary N) is 1. The summed E-state index contributed by atoms with van der Waals surface area (Å²) in [5.41, 5.74) is -0.0852. The summed E-state index contributed by atoms with van der Waals surface area (Å²) in [6.07, 6.45) is 9.39. The number of nitrogens with zero attached hydrogens (tertiary/aromatic N) is 1. The van der Waals surface area contributed by atoms with Crippen LogP contribution in [0.1, 0.15) is 84.0 Å². The highest BCUT2D eigenvalue weighted by Crippen LogP contribution is 2.40. The third-order valence-electron chi connectivity index (χ3n) is 6.23. The van der Waals surface area contributed by atoms with Crippen molar-refractivity contribution < 1.29 is 24.6 Å². The molecule has 1 aliphatic heterocycles. The first kappa shape index (κ1) is 21.7. The van der Waals surface area contributed by atoms with Crippen LogP contribution in [0.25, 0.3) is 0 Å². The minimum atomic E-state index is -0.785. The Bertz CT molecular complexity index is 530. The summed E-state index contributed by atoms with van der Waals surface area (Å²) < 4.78 is 0. The molecule has 2 aliphatic rings. The van der Waals surface area contributed by atoms with E-state index in [0.29, 0.717) is 25.8 Å². The minimum absolute atomic E-state index is 0.0852. The zero-order valence-electron chi connectivity index (χ0n) is 16.4. The summed E-state index contributed by atoms with van der Waals surface area (Å²) in [6.45, 7) is 2.51. The fraction of sp³-hybridized carbons (Fsp3) is 0.850. The van der Waals surface area contributed by atoms with Gasteiger partial charge in [-0.2, -0.15) is 0 Å². The van der Waals surface area contributed by atoms with E-state index < -0.39 is 18.1 Å². The van der Waals surface area contributed by atoms with Crippen molar-refractivity contribution in [2.45, 2.75) is 96.1 Å². The molecule has 1 saturated carbocycles. The van der Waals surface area contributed by atoms with Crippen molar-refractivity contribution in [3.05, 3.63) is 0 Å². The monoisotopic (exact) mass is 382 g/mol. The van der Waals surface area contributed by atoms with E-state index in [-0.39, 0.29) is 23.8 Å². The van der Waals surface area contributed by atoms with Crippen LogP contribution in [0, 0.1) is 5.41 Å². The Morgan fingerprint density at radius 3 is 2.52 bits per heavy atom. The van der Waals surface area contributed by atoms with Crippen LogP contribution >= 0.6 is 0 Å². The number of unbranched alkanes of at least 4 members (excludes halogenated alkanes) is 3. The number of urea groups is 1. The summed E-state index contributed by atoms with van der Waals surface area (Å²) in [5.74, 6) is -1.05. The third kappa shape index (κ3) is 6.19. The van der Waals surface area contributed by atoms with Crippen LogP contribution < -0.4 is 5.32 Å². The first-order valence-corrected chi connectivity index (χ1v) is 10.3. The summed E-state index contributed by atoms with van der Waals surface area (Å²) in [4.78, 5) is 36.3. The molecule has 7 nitrogen and oxygen atoms in total. The number of carboxylic acids is 1. The highest BCUT2D eigenvalue weighted by Gasteiger charge is 2.39.